The Morgan fingerprint density at radius 3 is 2.29 bits per heavy atom. The monoisotopic (exact) mass is 400 g/mol. The first-order chi connectivity index (χ1) is 15.2. The summed E-state index contributed by atoms with van der Waals surface area (Å²) in [4.78, 5) is 0. The Bertz CT molecular complexity index is 1390. The zero-order chi connectivity index (χ0) is 21.0. The van der Waals surface area contributed by atoms with Gasteiger partial charge in [0.2, 0.25) is 0 Å². The van der Waals surface area contributed by atoms with Gasteiger partial charge in [0.25, 0.3) is 0 Å². The van der Waals surface area contributed by atoms with Crippen LogP contribution in [0.1, 0.15) is 23.6 Å². The maximum absolute atomic E-state index is 6.99. The van der Waals surface area contributed by atoms with Crippen LogP contribution in [0.5, 0.6) is 11.5 Å². The van der Waals surface area contributed by atoms with Gasteiger partial charge in [-0.1, -0.05) is 66.6 Å². The van der Waals surface area contributed by atoms with Gasteiger partial charge >= 0.3 is 0 Å². The van der Waals surface area contributed by atoms with Gasteiger partial charge in [0.1, 0.15) is 18.1 Å². The molecule has 0 atom stereocenters. The fraction of sp³-hybridized carbons (Fsp3) is 0.103. The molecule has 1 heterocycles. The molecule has 31 heavy (non-hydrogen) atoms. The highest BCUT2D eigenvalue weighted by Crippen LogP contribution is 2.55. The second kappa shape index (κ2) is 6.52. The van der Waals surface area contributed by atoms with Gasteiger partial charge in [-0.2, -0.15) is 0 Å². The molecule has 1 aliphatic heterocycles. The van der Waals surface area contributed by atoms with E-state index in [0.29, 0.717) is 0 Å². The number of hydrogen-bond acceptors (Lipinski definition) is 2. The Balaban J connectivity index is 1.58. The number of terminal acetylenes is 1. The van der Waals surface area contributed by atoms with Crippen molar-refractivity contribution >= 4 is 16.3 Å². The highest BCUT2D eigenvalue weighted by atomic mass is 16.5. The van der Waals surface area contributed by atoms with E-state index in [-0.39, 0.29) is 6.61 Å². The molecule has 0 bridgehead atoms. The molecule has 0 fully saturated rings. The van der Waals surface area contributed by atoms with Crippen LogP contribution in [0.2, 0.25) is 0 Å². The van der Waals surface area contributed by atoms with Crippen molar-refractivity contribution in [2.75, 3.05) is 6.61 Å². The Kier molecular flexibility index (Phi) is 3.76. The standard InChI is InChI=1S/C29H20O2/c1-3-16-30-21-13-15-23-20(17-21)12-14-22-19(2)18-29(31-28(22)23)26-10-6-4-8-24(26)25-9-5-7-11-27(25)29/h1,4-15,17-18H,16H2,2H3. The Labute approximate surface area is 181 Å². The lowest BCUT2D eigenvalue weighted by atomic mass is 9.84. The van der Waals surface area contributed by atoms with Gasteiger partial charge < -0.3 is 9.47 Å². The van der Waals surface area contributed by atoms with Crippen LogP contribution in [0, 0.1) is 12.3 Å². The number of benzene rings is 4. The maximum atomic E-state index is 6.99. The molecule has 1 aliphatic carbocycles. The van der Waals surface area contributed by atoms with E-state index in [4.69, 9.17) is 15.9 Å². The van der Waals surface area contributed by atoms with Crippen LogP contribution in [0.4, 0.5) is 0 Å². The lowest BCUT2D eigenvalue weighted by Gasteiger charge is -2.36. The summed E-state index contributed by atoms with van der Waals surface area (Å²) >= 11 is 0. The van der Waals surface area contributed by atoms with Crippen molar-refractivity contribution in [3.8, 4) is 35.0 Å². The first-order valence-corrected chi connectivity index (χ1v) is 10.4. The Morgan fingerprint density at radius 2 is 1.58 bits per heavy atom. The molecule has 4 aromatic rings. The third-order valence-corrected chi connectivity index (χ3v) is 6.32. The molecule has 4 aromatic carbocycles. The zero-order valence-corrected chi connectivity index (χ0v) is 17.2. The van der Waals surface area contributed by atoms with Crippen molar-refractivity contribution in [3.05, 3.63) is 102 Å². The molecule has 2 aliphatic rings. The summed E-state index contributed by atoms with van der Waals surface area (Å²) in [7, 11) is 0. The fourth-order valence-electron chi connectivity index (χ4n) is 4.98. The number of rotatable bonds is 2. The highest BCUT2D eigenvalue weighted by Gasteiger charge is 2.46. The van der Waals surface area contributed by atoms with Crippen LogP contribution in [0.15, 0.2) is 84.9 Å². The Hall–Kier alpha value is -3.96. The van der Waals surface area contributed by atoms with Gasteiger partial charge in [-0.3, -0.25) is 0 Å². The minimum Gasteiger partial charge on any atom is -0.481 e. The third kappa shape index (κ3) is 2.47. The van der Waals surface area contributed by atoms with Crippen molar-refractivity contribution in [1.29, 1.82) is 0 Å². The lowest BCUT2D eigenvalue weighted by molar-refractivity contribution is 0.167. The van der Waals surface area contributed by atoms with E-state index in [0.717, 1.165) is 27.8 Å². The first kappa shape index (κ1) is 17.9. The minimum atomic E-state index is -0.628. The molecule has 0 aromatic heterocycles. The molecule has 0 N–H and O–H groups in total. The van der Waals surface area contributed by atoms with Crippen LogP contribution in [-0.4, -0.2) is 6.61 Å². The minimum absolute atomic E-state index is 0.255. The largest absolute Gasteiger partial charge is 0.481 e. The molecule has 0 radical (unpaired) electrons. The van der Waals surface area contributed by atoms with E-state index < -0.39 is 5.60 Å². The van der Waals surface area contributed by atoms with Gasteiger partial charge in [-0.15, -0.1) is 6.42 Å². The molecule has 148 valence electrons. The average Bonchev–Trinajstić information content (AvgIpc) is 3.07. The van der Waals surface area contributed by atoms with Crippen molar-refractivity contribution in [2.24, 2.45) is 0 Å². The van der Waals surface area contributed by atoms with Gasteiger partial charge in [0, 0.05) is 22.1 Å². The third-order valence-electron chi connectivity index (χ3n) is 6.32. The average molecular weight is 400 g/mol. The second-order valence-corrected chi connectivity index (χ2v) is 8.07. The van der Waals surface area contributed by atoms with Crippen LogP contribution in [0.3, 0.4) is 0 Å². The number of fused-ring (bicyclic) bond motifs is 8. The van der Waals surface area contributed by atoms with Crippen LogP contribution >= 0.6 is 0 Å². The summed E-state index contributed by atoms with van der Waals surface area (Å²) in [6.45, 7) is 2.42. The van der Waals surface area contributed by atoms with Crippen molar-refractivity contribution in [1.82, 2.24) is 0 Å². The molecule has 0 amide bonds. The van der Waals surface area contributed by atoms with E-state index in [9.17, 15) is 0 Å². The zero-order valence-electron chi connectivity index (χ0n) is 17.2. The van der Waals surface area contributed by atoms with Crippen LogP contribution in [-0.2, 0) is 5.60 Å². The lowest BCUT2D eigenvalue weighted by Crippen LogP contribution is -2.33. The van der Waals surface area contributed by atoms with Gasteiger partial charge in [0.05, 0.1) is 0 Å². The molecule has 1 spiro atoms. The smallest absolute Gasteiger partial charge is 0.179 e. The topological polar surface area (TPSA) is 18.5 Å². The molecule has 0 saturated carbocycles. The van der Waals surface area contributed by atoms with Gasteiger partial charge in [-0.25, -0.2) is 0 Å². The highest BCUT2D eigenvalue weighted by molar-refractivity contribution is 5.96. The van der Waals surface area contributed by atoms with E-state index in [1.54, 1.807) is 0 Å². The quantitative estimate of drug-likeness (QED) is 0.354. The molecular formula is C29H20O2. The predicted octanol–water partition coefficient (Wildman–Crippen LogP) is 6.57. The fourth-order valence-corrected chi connectivity index (χ4v) is 4.98. The van der Waals surface area contributed by atoms with Gasteiger partial charge in [0.15, 0.2) is 5.60 Å². The van der Waals surface area contributed by atoms with E-state index in [1.165, 1.54) is 27.8 Å². The Morgan fingerprint density at radius 1 is 0.871 bits per heavy atom. The van der Waals surface area contributed by atoms with E-state index in [1.807, 2.05) is 12.1 Å². The normalized spacial score (nSPS) is 14.8. The molecule has 6 rings (SSSR count). The van der Waals surface area contributed by atoms with Crippen LogP contribution < -0.4 is 9.47 Å². The molecule has 2 nitrogen and oxygen atoms in total. The number of allylic oxidation sites excluding steroid dienone is 1. The first-order valence-electron chi connectivity index (χ1n) is 10.4. The van der Waals surface area contributed by atoms with E-state index in [2.05, 4.69) is 85.7 Å². The summed E-state index contributed by atoms with van der Waals surface area (Å²) < 4.78 is 12.6. The molecular weight excluding hydrogens is 380 g/mol. The SMILES string of the molecule is C#CCOc1ccc2c3c(ccc2c1)C(C)=CC1(O3)c2ccccc2-c2ccccc21. The van der Waals surface area contributed by atoms with E-state index >= 15 is 0 Å². The maximum Gasteiger partial charge on any atom is 0.179 e. The summed E-state index contributed by atoms with van der Waals surface area (Å²) in [5.74, 6) is 4.19. The predicted molar refractivity (Wildman–Crippen MR) is 125 cm³/mol. The number of ether oxygens (including phenoxy) is 2. The molecule has 2 heteroatoms. The second-order valence-electron chi connectivity index (χ2n) is 8.07. The summed E-state index contributed by atoms with van der Waals surface area (Å²) in [6.07, 6.45) is 7.61. The van der Waals surface area contributed by atoms with Gasteiger partial charge in [-0.05, 0) is 53.3 Å². The number of hydrogen-bond donors (Lipinski definition) is 0. The summed E-state index contributed by atoms with van der Waals surface area (Å²) in [5, 5.41) is 2.14. The van der Waals surface area contributed by atoms with Crippen molar-refractivity contribution in [2.45, 2.75) is 12.5 Å². The van der Waals surface area contributed by atoms with Crippen LogP contribution in [0.25, 0.3) is 27.5 Å². The summed E-state index contributed by atoms with van der Waals surface area (Å²) in [6, 6.07) is 27.4. The molecule has 0 saturated heterocycles. The van der Waals surface area contributed by atoms with Crippen molar-refractivity contribution < 1.29 is 9.47 Å². The molecule has 0 unspecified atom stereocenters. The van der Waals surface area contributed by atoms with Crippen molar-refractivity contribution in [3.63, 3.8) is 0 Å². The summed E-state index contributed by atoms with van der Waals surface area (Å²) in [5.41, 5.74) is 6.54.